The van der Waals surface area contributed by atoms with Gasteiger partial charge in [0.05, 0.1) is 22.9 Å². The molecule has 0 fully saturated rings. The van der Waals surface area contributed by atoms with Gasteiger partial charge in [0, 0.05) is 0 Å². The molecule has 0 saturated heterocycles. The third-order valence-electron chi connectivity index (χ3n) is 3.26. The quantitative estimate of drug-likeness (QED) is 0.778. The number of sulfone groups is 1. The van der Waals surface area contributed by atoms with E-state index in [9.17, 15) is 8.42 Å². The average molecular weight is 296 g/mol. The summed E-state index contributed by atoms with van der Waals surface area (Å²) in [4.78, 5) is 6.92. The van der Waals surface area contributed by atoms with Crippen molar-refractivity contribution in [2.45, 2.75) is 23.6 Å². The maximum Gasteiger partial charge on any atom is 0.205 e. The van der Waals surface area contributed by atoms with Crippen LogP contribution in [0.3, 0.4) is 0 Å². The van der Waals surface area contributed by atoms with Crippen molar-refractivity contribution < 1.29 is 8.42 Å². The highest BCUT2D eigenvalue weighted by Crippen LogP contribution is 2.31. The summed E-state index contributed by atoms with van der Waals surface area (Å²) in [6.07, 6.45) is 0. The van der Waals surface area contributed by atoms with Gasteiger partial charge in [0.25, 0.3) is 0 Å². The third kappa shape index (κ3) is 2.52. The van der Waals surface area contributed by atoms with Gasteiger partial charge in [-0.05, 0) is 31.0 Å². The van der Waals surface area contributed by atoms with Crippen LogP contribution in [0, 0.1) is 27.0 Å². The first-order valence-electron chi connectivity index (χ1n) is 6.12. The van der Waals surface area contributed by atoms with Crippen LogP contribution in [-0.4, -0.2) is 8.42 Å². The summed E-state index contributed by atoms with van der Waals surface area (Å²) in [7, 11) is -3.70. The number of hydrogen-bond acceptors (Lipinski definition) is 2. The van der Waals surface area contributed by atoms with Crippen LogP contribution in [-0.2, 0) is 9.84 Å². The summed E-state index contributed by atoms with van der Waals surface area (Å²) in [6, 6.07) is 9.08. The summed E-state index contributed by atoms with van der Waals surface area (Å²) in [5.41, 5.74) is 1.82. The molecular formula is C16H12N2O2S. The minimum absolute atomic E-state index is 0.131. The van der Waals surface area contributed by atoms with Gasteiger partial charge in [0.15, 0.2) is 11.4 Å². The van der Waals surface area contributed by atoms with E-state index in [0.29, 0.717) is 22.5 Å². The molecule has 104 valence electrons. The lowest BCUT2D eigenvalue weighted by molar-refractivity contribution is 0.595. The zero-order chi connectivity index (χ0) is 15.6. The second-order valence-electron chi connectivity index (χ2n) is 4.58. The molecule has 0 N–H and O–H groups in total. The highest BCUT2D eigenvalue weighted by molar-refractivity contribution is 7.91. The predicted molar refractivity (Wildman–Crippen MR) is 80.3 cm³/mol. The van der Waals surface area contributed by atoms with Crippen LogP contribution in [0.25, 0.3) is 9.69 Å². The summed E-state index contributed by atoms with van der Waals surface area (Å²) < 4.78 is 25.4. The van der Waals surface area contributed by atoms with E-state index < -0.39 is 9.84 Å². The molecule has 2 aromatic rings. The zero-order valence-corrected chi connectivity index (χ0v) is 12.4. The molecule has 0 radical (unpaired) electrons. The van der Waals surface area contributed by atoms with Gasteiger partial charge >= 0.3 is 0 Å². The minimum atomic E-state index is -3.70. The Bertz CT molecular complexity index is 901. The van der Waals surface area contributed by atoms with E-state index in [-0.39, 0.29) is 9.79 Å². The fourth-order valence-electron chi connectivity index (χ4n) is 2.06. The van der Waals surface area contributed by atoms with Gasteiger partial charge < -0.3 is 0 Å². The molecule has 4 nitrogen and oxygen atoms in total. The topological polar surface area (TPSA) is 42.9 Å². The standard InChI is InChI=1S/C16H12N2O2S/c1-11-10-13(8-9-14(11)17-3)21(19,20)16-7-5-6-15(18-4)12(16)2/h5-10H,1-2H3. The van der Waals surface area contributed by atoms with Gasteiger partial charge in [-0.2, -0.15) is 0 Å². The first-order chi connectivity index (χ1) is 9.91. The highest BCUT2D eigenvalue weighted by Gasteiger charge is 2.21. The number of nitrogens with zero attached hydrogens (tertiary/aromatic N) is 2. The minimum Gasteiger partial charge on any atom is -0.238 e. The molecule has 0 spiro atoms. The van der Waals surface area contributed by atoms with Gasteiger partial charge in [0.2, 0.25) is 9.84 Å². The molecule has 0 amide bonds. The van der Waals surface area contributed by atoms with Crippen molar-refractivity contribution in [1.82, 2.24) is 0 Å². The normalized spacial score (nSPS) is 10.7. The molecule has 0 aliphatic carbocycles. The van der Waals surface area contributed by atoms with Crippen molar-refractivity contribution in [2.24, 2.45) is 0 Å². The number of aryl methyl sites for hydroxylation is 1. The smallest absolute Gasteiger partial charge is 0.205 e. The van der Waals surface area contributed by atoms with E-state index >= 15 is 0 Å². The summed E-state index contributed by atoms with van der Waals surface area (Å²) in [5, 5.41) is 0. The molecule has 0 saturated carbocycles. The molecule has 0 unspecified atom stereocenters. The molecular weight excluding hydrogens is 284 g/mol. The second kappa shape index (κ2) is 5.40. The molecule has 2 aromatic carbocycles. The summed E-state index contributed by atoms with van der Waals surface area (Å²) >= 11 is 0. The van der Waals surface area contributed by atoms with Crippen molar-refractivity contribution in [2.75, 3.05) is 0 Å². The van der Waals surface area contributed by atoms with Crippen molar-refractivity contribution in [3.05, 3.63) is 70.4 Å². The molecule has 0 heterocycles. The number of rotatable bonds is 2. The van der Waals surface area contributed by atoms with E-state index in [0.717, 1.165) is 0 Å². The van der Waals surface area contributed by atoms with Gasteiger partial charge in [-0.3, -0.25) is 0 Å². The highest BCUT2D eigenvalue weighted by atomic mass is 32.2. The SMILES string of the molecule is [C-]#[N+]c1ccc(S(=O)(=O)c2cccc([N+]#[C-])c2C)cc1C. The Hall–Kier alpha value is -2.63. The summed E-state index contributed by atoms with van der Waals surface area (Å²) in [5.74, 6) is 0. The van der Waals surface area contributed by atoms with E-state index in [2.05, 4.69) is 9.69 Å². The molecule has 21 heavy (non-hydrogen) atoms. The van der Waals surface area contributed by atoms with Gasteiger partial charge in [0.1, 0.15) is 0 Å². The predicted octanol–water partition coefficient (Wildman–Crippen LogP) is 4.24. The summed E-state index contributed by atoms with van der Waals surface area (Å²) in [6.45, 7) is 17.4. The number of benzene rings is 2. The van der Waals surface area contributed by atoms with E-state index in [4.69, 9.17) is 13.1 Å². The molecule has 0 bridgehead atoms. The van der Waals surface area contributed by atoms with E-state index in [1.54, 1.807) is 26.0 Å². The lowest BCUT2D eigenvalue weighted by atomic mass is 10.2. The lowest BCUT2D eigenvalue weighted by Gasteiger charge is -2.10. The van der Waals surface area contributed by atoms with Crippen LogP contribution in [0.15, 0.2) is 46.2 Å². The number of hydrogen-bond donors (Lipinski definition) is 0. The van der Waals surface area contributed by atoms with Crippen LogP contribution in [0.4, 0.5) is 11.4 Å². The zero-order valence-electron chi connectivity index (χ0n) is 11.6. The van der Waals surface area contributed by atoms with Crippen molar-refractivity contribution in [3.8, 4) is 0 Å². The van der Waals surface area contributed by atoms with Crippen molar-refractivity contribution in [3.63, 3.8) is 0 Å². The molecule has 0 aromatic heterocycles. The van der Waals surface area contributed by atoms with Crippen LogP contribution in [0.2, 0.25) is 0 Å². The molecule has 2 rings (SSSR count). The van der Waals surface area contributed by atoms with Gasteiger partial charge in [-0.1, -0.05) is 30.3 Å². The maximum atomic E-state index is 12.7. The largest absolute Gasteiger partial charge is 0.238 e. The van der Waals surface area contributed by atoms with Crippen LogP contribution < -0.4 is 0 Å². The van der Waals surface area contributed by atoms with Crippen molar-refractivity contribution in [1.29, 1.82) is 0 Å². The fraction of sp³-hybridized carbons (Fsp3) is 0.125. The van der Waals surface area contributed by atoms with Gasteiger partial charge in [-0.15, -0.1) is 0 Å². The Labute approximate surface area is 124 Å². The van der Waals surface area contributed by atoms with Crippen molar-refractivity contribution >= 4 is 21.2 Å². The average Bonchev–Trinajstić information content (AvgIpc) is 2.47. The fourth-order valence-corrected chi connectivity index (χ4v) is 3.66. The Morgan fingerprint density at radius 2 is 1.62 bits per heavy atom. The Balaban J connectivity index is 2.67. The van der Waals surface area contributed by atoms with Crippen LogP contribution in [0.5, 0.6) is 0 Å². The van der Waals surface area contributed by atoms with E-state index in [1.165, 1.54) is 24.3 Å². The first-order valence-corrected chi connectivity index (χ1v) is 7.60. The first kappa shape index (κ1) is 14.8. The molecule has 0 aliphatic heterocycles. The second-order valence-corrected chi connectivity index (χ2v) is 6.49. The Morgan fingerprint density at radius 1 is 0.952 bits per heavy atom. The van der Waals surface area contributed by atoms with Crippen LogP contribution in [0.1, 0.15) is 11.1 Å². The van der Waals surface area contributed by atoms with Gasteiger partial charge in [-0.25, -0.2) is 18.1 Å². The Morgan fingerprint density at radius 3 is 2.19 bits per heavy atom. The Kier molecular flexibility index (Phi) is 3.80. The maximum absolute atomic E-state index is 12.7. The molecule has 0 atom stereocenters. The van der Waals surface area contributed by atoms with E-state index in [1.807, 2.05) is 0 Å². The lowest BCUT2D eigenvalue weighted by Crippen LogP contribution is -2.04. The van der Waals surface area contributed by atoms with Crippen LogP contribution >= 0.6 is 0 Å². The third-order valence-corrected chi connectivity index (χ3v) is 5.16. The molecule has 0 aliphatic rings. The molecule has 5 heteroatoms. The monoisotopic (exact) mass is 296 g/mol.